The van der Waals surface area contributed by atoms with Gasteiger partial charge in [0.15, 0.2) is 5.78 Å². The molecule has 3 rings (SSSR count). The number of hydrogen-bond donors (Lipinski definition) is 1. The number of morpholine rings is 1. The second kappa shape index (κ2) is 5.04. The van der Waals surface area contributed by atoms with Crippen LogP contribution in [-0.2, 0) is 4.74 Å². The van der Waals surface area contributed by atoms with E-state index in [1.54, 1.807) is 0 Å². The lowest BCUT2D eigenvalue weighted by Gasteiger charge is -2.37. The number of rotatable bonds is 3. The number of nitrogens with zero attached hydrogens (tertiary/aromatic N) is 1. The van der Waals surface area contributed by atoms with Crippen molar-refractivity contribution >= 4 is 16.7 Å². The minimum atomic E-state index is -0.168. The molecular weight excluding hydrogens is 252 g/mol. The van der Waals surface area contributed by atoms with Gasteiger partial charge in [0.1, 0.15) is 0 Å². The van der Waals surface area contributed by atoms with Crippen LogP contribution in [0.3, 0.4) is 0 Å². The molecule has 1 fully saturated rings. The van der Waals surface area contributed by atoms with Gasteiger partial charge in [0.05, 0.1) is 18.8 Å². The number of hydrogen-bond acceptors (Lipinski definition) is 3. The van der Waals surface area contributed by atoms with Crippen molar-refractivity contribution in [2.24, 2.45) is 0 Å². The summed E-state index contributed by atoms with van der Waals surface area (Å²) in [5, 5.41) is 1.00. The SMILES string of the molecule is CC1(C)CN(CC(=O)c2c[nH]c3ccccc23)CCO1. The number of H-pyrrole nitrogens is 1. The molecular formula is C16H20N2O2. The number of Topliss-reactive ketones (excluding diaryl/α,β-unsaturated/α-hetero) is 1. The second-order valence-corrected chi connectivity index (χ2v) is 5.99. The fourth-order valence-electron chi connectivity index (χ4n) is 2.84. The average Bonchev–Trinajstić information content (AvgIpc) is 2.81. The summed E-state index contributed by atoms with van der Waals surface area (Å²) in [5.41, 5.74) is 1.63. The van der Waals surface area contributed by atoms with Crippen molar-refractivity contribution in [3.8, 4) is 0 Å². The van der Waals surface area contributed by atoms with Crippen LogP contribution in [0.5, 0.6) is 0 Å². The van der Waals surface area contributed by atoms with Crippen LogP contribution >= 0.6 is 0 Å². The van der Waals surface area contributed by atoms with E-state index in [0.29, 0.717) is 13.2 Å². The van der Waals surface area contributed by atoms with Gasteiger partial charge in [0.25, 0.3) is 0 Å². The maximum atomic E-state index is 12.5. The van der Waals surface area contributed by atoms with E-state index in [-0.39, 0.29) is 11.4 Å². The van der Waals surface area contributed by atoms with Gasteiger partial charge in [0.2, 0.25) is 0 Å². The largest absolute Gasteiger partial charge is 0.373 e. The van der Waals surface area contributed by atoms with E-state index in [1.165, 1.54) is 0 Å². The average molecular weight is 272 g/mol. The number of nitrogens with one attached hydrogen (secondary N) is 1. The Hall–Kier alpha value is -1.65. The molecule has 0 spiro atoms. The first-order valence-electron chi connectivity index (χ1n) is 7.01. The fraction of sp³-hybridized carbons (Fsp3) is 0.438. The molecule has 106 valence electrons. The Labute approximate surface area is 118 Å². The smallest absolute Gasteiger partial charge is 0.178 e. The number of fused-ring (bicyclic) bond motifs is 1. The van der Waals surface area contributed by atoms with E-state index in [0.717, 1.165) is 29.6 Å². The molecule has 2 heterocycles. The van der Waals surface area contributed by atoms with Crippen LogP contribution in [0.15, 0.2) is 30.5 Å². The Morgan fingerprint density at radius 1 is 1.40 bits per heavy atom. The van der Waals surface area contributed by atoms with Crippen molar-refractivity contribution in [2.75, 3.05) is 26.2 Å². The Morgan fingerprint density at radius 3 is 3.00 bits per heavy atom. The van der Waals surface area contributed by atoms with E-state index in [4.69, 9.17) is 4.74 Å². The van der Waals surface area contributed by atoms with Gasteiger partial charge in [-0.2, -0.15) is 0 Å². The molecule has 1 aliphatic rings. The van der Waals surface area contributed by atoms with Gasteiger partial charge in [-0.25, -0.2) is 0 Å². The minimum Gasteiger partial charge on any atom is -0.373 e. The molecule has 2 aromatic rings. The predicted octanol–water partition coefficient (Wildman–Crippen LogP) is 2.46. The molecule has 1 saturated heterocycles. The summed E-state index contributed by atoms with van der Waals surface area (Å²) in [7, 11) is 0. The minimum absolute atomic E-state index is 0.167. The van der Waals surface area contributed by atoms with E-state index in [2.05, 4.69) is 23.7 Å². The lowest BCUT2D eigenvalue weighted by molar-refractivity contribution is -0.0833. The number of aromatic amines is 1. The van der Waals surface area contributed by atoms with Crippen LogP contribution in [0, 0.1) is 0 Å². The van der Waals surface area contributed by atoms with Gasteiger partial charge >= 0.3 is 0 Å². The molecule has 0 unspecified atom stereocenters. The highest BCUT2D eigenvalue weighted by atomic mass is 16.5. The number of aromatic nitrogens is 1. The predicted molar refractivity (Wildman–Crippen MR) is 79.1 cm³/mol. The van der Waals surface area contributed by atoms with Crippen LogP contribution in [0.4, 0.5) is 0 Å². The molecule has 1 aliphatic heterocycles. The van der Waals surface area contributed by atoms with Gasteiger partial charge in [0, 0.05) is 35.8 Å². The van der Waals surface area contributed by atoms with Gasteiger partial charge in [-0.15, -0.1) is 0 Å². The summed E-state index contributed by atoms with van der Waals surface area (Å²) in [6.07, 6.45) is 1.82. The van der Waals surface area contributed by atoms with Gasteiger partial charge in [-0.3, -0.25) is 9.69 Å². The Bertz CT molecular complexity index is 630. The van der Waals surface area contributed by atoms with Gasteiger partial charge in [-0.1, -0.05) is 18.2 Å². The summed E-state index contributed by atoms with van der Waals surface area (Å²) in [4.78, 5) is 17.8. The first kappa shape index (κ1) is 13.3. The molecule has 0 radical (unpaired) electrons. The molecule has 0 aliphatic carbocycles. The van der Waals surface area contributed by atoms with E-state index >= 15 is 0 Å². The van der Waals surface area contributed by atoms with Gasteiger partial charge in [-0.05, 0) is 19.9 Å². The van der Waals surface area contributed by atoms with Crippen LogP contribution < -0.4 is 0 Å². The molecule has 0 saturated carbocycles. The number of ketones is 1. The maximum absolute atomic E-state index is 12.5. The van der Waals surface area contributed by atoms with Crippen LogP contribution in [-0.4, -0.2) is 47.5 Å². The molecule has 0 bridgehead atoms. The first-order valence-corrected chi connectivity index (χ1v) is 7.01. The highest BCUT2D eigenvalue weighted by Gasteiger charge is 2.28. The second-order valence-electron chi connectivity index (χ2n) is 5.99. The number of ether oxygens (including phenoxy) is 1. The molecule has 1 aromatic heterocycles. The monoisotopic (exact) mass is 272 g/mol. The van der Waals surface area contributed by atoms with Crippen LogP contribution in [0.25, 0.3) is 10.9 Å². The normalized spacial score (nSPS) is 19.3. The quantitative estimate of drug-likeness (QED) is 0.873. The van der Waals surface area contributed by atoms with Crippen molar-refractivity contribution < 1.29 is 9.53 Å². The standard InChI is InChI=1S/C16H20N2O2/c1-16(2)11-18(7-8-20-16)10-15(19)13-9-17-14-6-4-3-5-12(13)14/h3-6,9,17H,7-8,10-11H2,1-2H3. The zero-order chi connectivity index (χ0) is 14.2. The molecule has 0 amide bonds. The highest BCUT2D eigenvalue weighted by molar-refractivity contribution is 6.08. The molecule has 4 heteroatoms. The summed E-state index contributed by atoms with van der Waals surface area (Å²) in [6.45, 7) is 6.88. The first-order chi connectivity index (χ1) is 9.55. The van der Waals surface area contributed by atoms with Crippen molar-refractivity contribution in [2.45, 2.75) is 19.4 Å². The lowest BCUT2D eigenvalue weighted by Crippen LogP contribution is -2.49. The van der Waals surface area contributed by atoms with Crippen molar-refractivity contribution in [1.29, 1.82) is 0 Å². The number of para-hydroxylation sites is 1. The number of carbonyl (C=O) groups excluding carboxylic acids is 1. The molecule has 1 N–H and O–H groups in total. The van der Waals surface area contributed by atoms with E-state index in [9.17, 15) is 4.79 Å². The molecule has 4 nitrogen and oxygen atoms in total. The molecule has 20 heavy (non-hydrogen) atoms. The maximum Gasteiger partial charge on any atom is 0.178 e. The Morgan fingerprint density at radius 2 is 2.20 bits per heavy atom. The van der Waals surface area contributed by atoms with E-state index < -0.39 is 0 Å². The fourth-order valence-corrected chi connectivity index (χ4v) is 2.84. The molecule has 0 atom stereocenters. The number of carbonyl (C=O) groups is 1. The summed E-state index contributed by atoms with van der Waals surface area (Å²) in [6, 6.07) is 7.91. The summed E-state index contributed by atoms with van der Waals surface area (Å²) < 4.78 is 5.68. The van der Waals surface area contributed by atoms with Crippen LogP contribution in [0.2, 0.25) is 0 Å². The van der Waals surface area contributed by atoms with Gasteiger partial charge < -0.3 is 9.72 Å². The third-order valence-corrected chi connectivity index (χ3v) is 3.76. The Kier molecular flexibility index (Phi) is 3.36. The van der Waals surface area contributed by atoms with Crippen LogP contribution in [0.1, 0.15) is 24.2 Å². The summed E-state index contributed by atoms with van der Waals surface area (Å²) >= 11 is 0. The van der Waals surface area contributed by atoms with E-state index in [1.807, 2.05) is 30.5 Å². The van der Waals surface area contributed by atoms with Crippen molar-refractivity contribution in [1.82, 2.24) is 9.88 Å². The topological polar surface area (TPSA) is 45.3 Å². The zero-order valence-electron chi connectivity index (χ0n) is 12.0. The zero-order valence-corrected chi connectivity index (χ0v) is 12.0. The Balaban J connectivity index is 1.76. The van der Waals surface area contributed by atoms with Crippen molar-refractivity contribution in [3.05, 3.63) is 36.0 Å². The third-order valence-electron chi connectivity index (χ3n) is 3.76. The summed E-state index contributed by atoms with van der Waals surface area (Å²) in [5.74, 6) is 0.167. The van der Waals surface area contributed by atoms with Crippen molar-refractivity contribution in [3.63, 3.8) is 0 Å². The third kappa shape index (κ3) is 2.62. The molecule has 1 aromatic carbocycles. The lowest BCUT2D eigenvalue weighted by atomic mass is 10.1. The number of benzene rings is 1. The highest BCUT2D eigenvalue weighted by Crippen LogP contribution is 2.20.